The lowest BCUT2D eigenvalue weighted by molar-refractivity contribution is -0.147. The zero-order valence-corrected chi connectivity index (χ0v) is 19.3. The standard InChI is InChI=1S/C26H31F3O5/c1-18(2)34-25(32)11-6-4-3-5-10-23-19(13-15-24(23)31)12-14-21(30)17-33-22-9-7-8-20(16-22)26(27,28)29/h3,5,7-9,12-16,18-19,21,23,30H,4,6,10-11,17H2,1-2H3/b5-3-,14-12+/t19-,21+,23?/m0/s1. The van der Waals surface area contributed by atoms with Crippen molar-refractivity contribution in [3.8, 4) is 5.75 Å². The summed E-state index contributed by atoms with van der Waals surface area (Å²) in [6.07, 6.45) is 6.92. The summed E-state index contributed by atoms with van der Waals surface area (Å²) in [5.41, 5.74) is -0.823. The van der Waals surface area contributed by atoms with Gasteiger partial charge in [-0.05, 0) is 57.4 Å². The Kier molecular flexibility index (Phi) is 10.6. The molecule has 0 aliphatic heterocycles. The third-order valence-corrected chi connectivity index (χ3v) is 5.13. The van der Waals surface area contributed by atoms with Crippen LogP contribution in [-0.2, 0) is 20.5 Å². The summed E-state index contributed by atoms with van der Waals surface area (Å²) >= 11 is 0. The Morgan fingerprint density at radius 3 is 2.71 bits per heavy atom. The second-order valence-electron chi connectivity index (χ2n) is 8.37. The molecule has 1 aromatic carbocycles. The highest BCUT2D eigenvalue weighted by Gasteiger charge is 2.30. The molecule has 0 radical (unpaired) electrons. The first-order chi connectivity index (χ1) is 16.1. The lowest BCUT2D eigenvalue weighted by Gasteiger charge is -2.14. The van der Waals surface area contributed by atoms with E-state index in [9.17, 15) is 27.9 Å². The molecule has 1 aliphatic rings. The molecule has 2 rings (SSSR count). The average Bonchev–Trinajstić information content (AvgIpc) is 3.11. The van der Waals surface area contributed by atoms with Gasteiger partial charge in [0.1, 0.15) is 18.5 Å². The summed E-state index contributed by atoms with van der Waals surface area (Å²) in [5.74, 6) is -0.691. The SMILES string of the molecule is CC(C)OC(=O)CCC/C=C\CC1C(=O)C=C[C@@H]1/C=C/[C@@H](O)COc1cccc(C(F)(F)F)c1. The van der Waals surface area contributed by atoms with Crippen LogP contribution in [0.25, 0.3) is 0 Å². The zero-order chi connectivity index (χ0) is 25.1. The summed E-state index contributed by atoms with van der Waals surface area (Å²) in [6.45, 7) is 3.39. The van der Waals surface area contributed by atoms with Crippen molar-refractivity contribution in [2.75, 3.05) is 6.61 Å². The van der Waals surface area contributed by atoms with Crippen LogP contribution in [0, 0.1) is 11.8 Å². The first kappa shape index (κ1) is 27.4. The van der Waals surface area contributed by atoms with Crippen LogP contribution in [-0.4, -0.2) is 35.7 Å². The second kappa shape index (κ2) is 13.1. The summed E-state index contributed by atoms with van der Waals surface area (Å²) in [6, 6.07) is 4.46. The van der Waals surface area contributed by atoms with E-state index in [-0.39, 0.29) is 42.0 Å². The molecule has 1 N–H and O–H groups in total. The van der Waals surface area contributed by atoms with Crippen LogP contribution in [0.5, 0.6) is 5.75 Å². The first-order valence-electron chi connectivity index (χ1n) is 11.3. The predicted octanol–water partition coefficient (Wildman–Crippen LogP) is 5.44. The maximum absolute atomic E-state index is 12.8. The van der Waals surface area contributed by atoms with Gasteiger partial charge < -0.3 is 14.6 Å². The molecular weight excluding hydrogens is 449 g/mol. The van der Waals surface area contributed by atoms with Gasteiger partial charge in [0.05, 0.1) is 11.7 Å². The molecular formula is C26H31F3O5. The number of esters is 1. The lowest BCUT2D eigenvalue weighted by Crippen LogP contribution is -2.17. The van der Waals surface area contributed by atoms with Crippen LogP contribution in [0.1, 0.15) is 45.1 Å². The van der Waals surface area contributed by atoms with Crippen molar-refractivity contribution >= 4 is 11.8 Å². The third-order valence-electron chi connectivity index (χ3n) is 5.13. The Balaban J connectivity index is 1.78. The highest BCUT2D eigenvalue weighted by molar-refractivity contribution is 5.95. The number of unbranched alkanes of at least 4 members (excludes halogenated alkanes) is 1. The van der Waals surface area contributed by atoms with E-state index < -0.39 is 17.8 Å². The molecule has 0 spiro atoms. The minimum atomic E-state index is -4.47. The van der Waals surface area contributed by atoms with Gasteiger partial charge in [-0.15, -0.1) is 0 Å². The van der Waals surface area contributed by atoms with E-state index in [1.807, 2.05) is 12.2 Å². The van der Waals surface area contributed by atoms with Crippen molar-refractivity contribution in [2.45, 2.75) is 57.9 Å². The maximum atomic E-state index is 12.8. The summed E-state index contributed by atoms with van der Waals surface area (Å²) in [7, 11) is 0. The number of ether oxygens (including phenoxy) is 2. The fourth-order valence-corrected chi connectivity index (χ4v) is 3.43. The Hall–Kier alpha value is -2.87. The molecule has 0 amide bonds. The summed E-state index contributed by atoms with van der Waals surface area (Å²) in [4.78, 5) is 23.7. The molecule has 8 heteroatoms. The zero-order valence-electron chi connectivity index (χ0n) is 19.3. The fraction of sp³-hybridized carbons (Fsp3) is 0.462. The van der Waals surface area contributed by atoms with Gasteiger partial charge in [0, 0.05) is 18.3 Å². The molecule has 34 heavy (non-hydrogen) atoms. The Morgan fingerprint density at radius 1 is 1.24 bits per heavy atom. The second-order valence-corrected chi connectivity index (χ2v) is 8.37. The molecule has 0 saturated carbocycles. The Bertz CT molecular complexity index is 902. The number of aliphatic hydroxyl groups excluding tert-OH is 1. The minimum absolute atomic E-state index is 0.00508. The van der Waals surface area contributed by atoms with Crippen LogP contribution >= 0.6 is 0 Å². The molecule has 5 nitrogen and oxygen atoms in total. The minimum Gasteiger partial charge on any atom is -0.491 e. The van der Waals surface area contributed by atoms with E-state index in [4.69, 9.17) is 9.47 Å². The fourth-order valence-electron chi connectivity index (χ4n) is 3.43. The predicted molar refractivity (Wildman–Crippen MR) is 122 cm³/mol. The molecule has 0 saturated heterocycles. The smallest absolute Gasteiger partial charge is 0.416 e. The summed E-state index contributed by atoms with van der Waals surface area (Å²) < 4.78 is 48.7. The molecule has 1 aromatic rings. The molecule has 0 heterocycles. The van der Waals surface area contributed by atoms with Crippen molar-refractivity contribution in [2.24, 2.45) is 11.8 Å². The number of rotatable bonds is 12. The van der Waals surface area contributed by atoms with Gasteiger partial charge in [0.25, 0.3) is 0 Å². The number of hydrogen-bond acceptors (Lipinski definition) is 5. The number of aliphatic hydroxyl groups is 1. The van der Waals surface area contributed by atoms with Crippen LogP contribution < -0.4 is 4.74 Å². The maximum Gasteiger partial charge on any atom is 0.416 e. The van der Waals surface area contributed by atoms with E-state index in [0.29, 0.717) is 25.7 Å². The number of alkyl halides is 3. The number of halogens is 3. The van der Waals surface area contributed by atoms with Gasteiger partial charge in [-0.25, -0.2) is 0 Å². The molecule has 186 valence electrons. The summed E-state index contributed by atoms with van der Waals surface area (Å²) in [5, 5.41) is 10.1. The van der Waals surface area contributed by atoms with Gasteiger partial charge >= 0.3 is 12.1 Å². The topological polar surface area (TPSA) is 72.8 Å². The van der Waals surface area contributed by atoms with Gasteiger partial charge in [-0.1, -0.05) is 36.4 Å². The quantitative estimate of drug-likeness (QED) is 0.245. The van der Waals surface area contributed by atoms with Crippen LogP contribution in [0.15, 0.2) is 60.7 Å². The Labute approximate surface area is 197 Å². The number of hydrogen-bond donors (Lipinski definition) is 1. The van der Waals surface area contributed by atoms with Crippen molar-refractivity contribution in [1.82, 2.24) is 0 Å². The number of carbonyl (C=O) groups excluding carboxylic acids is 2. The van der Waals surface area contributed by atoms with Gasteiger partial charge in [-0.2, -0.15) is 13.2 Å². The normalized spacial score (nSPS) is 19.4. The van der Waals surface area contributed by atoms with Gasteiger partial charge in [0.15, 0.2) is 5.78 Å². The van der Waals surface area contributed by atoms with E-state index in [2.05, 4.69) is 0 Å². The third kappa shape index (κ3) is 9.55. The lowest BCUT2D eigenvalue weighted by atomic mass is 9.90. The van der Waals surface area contributed by atoms with Crippen LogP contribution in [0.2, 0.25) is 0 Å². The number of benzene rings is 1. The molecule has 1 aliphatic carbocycles. The molecule has 1 unspecified atom stereocenters. The van der Waals surface area contributed by atoms with Crippen molar-refractivity contribution < 1.29 is 37.3 Å². The molecule has 0 aromatic heterocycles. The van der Waals surface area contributed by atoms with Crippen LogP contribution in [0.3, 0.4) is 0 Å². The van der Waals surface area contributed by atoms with E-state index in [0.717, 1.165) is 12.1 Å². The average molecular weight is 481 g/mol. The Morgan fingerprint density at radius 2 is 2.00 bits per heavy atom. The van der Waals surface area contributed by atoms with Gasteiger partial charge in [0.2, 0.25) is 0 Å². The largest absolute Gasteiger partial charge is 0.491 e. The number of carbonyl (C=O) groups is 2. The van der Waals surface area contributed by atoms with E-state index in [1.54, 1.807) is 26.0 Å². The first-order valence-corrected chi connectivity index (χ1v) is 11.3. The van der Waals surface area contributed by atoms with Gasteiger partial charge in [-0.3, -0.25) is 9.59 Å². The van der Waals surface area contributed by atoms with Crippen LogP contribution in [0.4, 0.5) is 13.2 Å². The van der Waals surface area contributed by atoms with E-state index in [1.165, 1.54) is 24.3 Å². The molecule has 0 fully saturated rings. The molecule has 3 atom stereocenters. The highest BCUT2D eigenvalue weighted by Crippen LogP contribution is 2.31. The monoisotopic (exact) mass is 480 g/mol. The number of ketones is 1. The van der Waals surface area contributed by atoms with Crippen molar-refractivity contribution in [3.63, 3.8) is 0 Å². The number of allylic oxidation sites excluding steroid dienone is 5. The molecule has 0 bridgehead atoms. The highest BCUT2D eigenvalue weighted by atomic mass is 19.4. The van der Waals surface area contributed by atoms with Crippen molar-refractivity contribution in [3.05, 3.63) is 66.3 Å². The van der Waals surface area contributed by atoms with E-state index >= 15 is 0 Å². The van der Waals surface area contributed by atoms with Crippen molar-refractivity contribution in [1.29, 1.82) is 0 Å².